The highest BCUT2D eigenvalue weighted by Crippen LogP contribution is 2.25. The highest BCUT2D eigenvalue weighted by atomic mass is 32.2. The van der Waals surface area contributed by atoms with Crippen molar-refractivity contribution < 1.29 is 13.2 Å². The van der Waals surface area contributed by atoms with E-state index in [9.17, 15) is 13.2 Å². The summed E-state index contributed by atoms with van der Waals surface area (Å²) in [5.74, 6) is -0.353. The van der Waals surface area contributed by atoms with Crippen LogP contribution in [0.15, 0.2) is 83.8 Å². The van der Waals surface area contributed by atoms with E-state index in [2.05, 4.69) is 5.32 Å². The van der Waals surface area contributed by atoms with Gasteiger partial charge in [0, 0.05) is 0 Å². The van der Waals surface area contributed by atoms with Crippen molar-refractivity contribution in [2.45, 2.75) is 38.1 Å². The summed E-state index contributed by atoms with van der Waals surface area (Å²) in [5.41, 5.74) is 3.51. The second kappa shape index (κ2) is 9.79. The maximum Gasteiger partial charge on any atom is 0.264 e. The average Bonchev–Trinajstić information content (AvgIpc) is 2.77. The van der Waals surface area contributed by atoms with E-state index in [0.717, 1.165) is 16.7 Å². The van der Waals surface area contributed by atoms with E-state index in [4.69, 9.17) is 0 Å². The number of carbonyl (C=O) groups is 1. The number of hydrogen-bond donors (Lipinski definition) is 1. The van der Waals surface area contributed by atoms with Gasteiger partial charge in [0.2, 0.25) is 5.91 Å². The minimum Gasteiger partial charge on any atom is -0.348 e. The Morgan fingerprint density at radius 2 is 1.58 bits per heavy atom. The van der Waals surface area contributed by atoms with E-state index in [-0.39, 0.29) is 23.4 Å². The number of sulfonamides is 1. The molecular weight excluding hydrogens is 408 g/mol. The van der Waals surface area contributed by atoms with Gasteiger partial charge in [0.15, 0.2) is 0 Å². The molecule has 0 unspecified atom stereocenters. The molecule has 0 aromatic heterocycles. The summed E-state index contributed by atoms with van der Waals surface area (Å²) in [5, 5.41) is 3.00. The SMILES string of the molecule is CC[C@@H](NC(=O)CN(c1cccc(C)c1)S(=O)(=O)c1ccccc1)c1ccc(C)cc1. The standard InChI is InChI=1S/C25H28N2O3S/c1-4-24(21-15-13-19(2)14-16-21)26-25(28)18-27(22-10-8-9-20(3)17-22)31(29,30)23-11-6-5-7-12-23/h5-17,24H,4,18H2,1-3H3,(H,26,28)/t24-/m1/s1. The van der Waals surface area contributed by atoms with Crippen molar-refractivity contribution in [3.05, 3.63) is 95.6 Å². The first-order chi connectivity index (χ1) is 14.8. The van der Waals surface area contributed by atoms with E-state index in [1.165, 1.54) is 16.4 Å². The number of carbonyl (C=O) groups excluding carboxylic acids is 1. The van der Waals surface area contributed by atoms with Crippen LogP contribution in [-0.4, -0.2) is 20.9 Å². The van der Waals surface area contributed by atoms with Crippen molar-refractivity contribution in [1.82, 2.24) is 5.32 Å². The number of aryl methyl sites for hydroxylation is 2. The summed E-state index contributed by atoms with van der Waals surface area (Å²) in [6.07, 6.45) is 0.699. The molecular formula is C25H28N2O3S. The molecule has 1 N–H and O–H groups in total. The van der Waals surface area contributed by atoms with Crippen molar-refractivity contribution in [1.29, 1.82) is 0 Å². The maximum absolute atomic E-state index is 13.4. The van der Waals surface area contributed by atoms with Crippen LogP contribution >= 0.6 is 0 Å². The predicted octanol–water partition coefficient (Wildman–Crippen LogP) is 4.77. The molecule has 0 fully saturated rings. The number of hydrogen-bond acceptors (Lipinski definition) is 3. The van der Waals surface area contributed by atoms with Crippen molar-refractivity contribution >= 4 is 21.6 Å². The van der Waals surface area contributed by atoms with Crippen molar-refractivity contribution in [3.63, 3.8) is 0 Å². The zero-order valence-corrected chi connectivity index (χ0v) is 18.9. The van der Waals surface area contributed by atoms with Gasteiger partial charge in [0.25, 0.3) is 10.0 Å². The third-order valence-corrected chi connectivity index (χ3v) is 6.92. The fourth-order valence-electron chi connectivity index (χ4n) is 3.41. The van der Waals surface area contributed by atoms with Crippen LogP contribution in [0.3, 0.4) is 0 Å². The van der Waals surface area contributed by atoms with Gasteiger partial charge in [-0.25, -0.2) is 8.42 Å². The number of anilines is 1. The van der Waals surface area contributed by atoms with Crippen LogP contribution in [0.4, 0.5) is 5.69 Å². The molecule has 0 saturated carbocycles. The summed E-state index contributed by atoms with van der Waals surface area (Å²) in [4.78, 5) is 13.1. The number of benzene rings is 3. The van der Waals surface area contributed by atoms with Gasteiger partial charge >= 0.3 is 0 Å². The van der Waals surface area contributed by atoms with Crippen LogP contribution in [0.2, 0.25) is 0 Å². The van der Waals surface area contributed by atoms with Crippen molar-refractivity contribution in [3.8, 4) is 0 Å². The lowest BCUT2D eigenvalue weighted by Gasteiger charge is -2.26. The lowest BCUT2D eigenvalue weighted by atomic mass is 10.0. The highest BCUT2D eigenvalue weighted by molar-refractivity contribution is 7.92. The zero-order chi connectivity index (χ0) is 22.4. The maximum atomic E-state index is 13.4. The van der Waals surface area contributed by atoms with E-state index in [1.807, 2.05) is 51.1 Å². The molecule has 0 saturated heterocycles. The van der Waals surface area contributed by atoms with Crippen molar-refractivity contribution in [2.24, 2.45) is 0 Å². The van der Waals surface area contributed by atoms with Gasteiger partial charge in [0.05, 0.1) is 16.6 Å². The summed E-state index contributed by atoms with van der Waals surface area (Å²) in [7, 11) is -3.91. The Kier molecular flexibility index (Phi) is 7.13. The minimum atomic E-state index is -3.91. The van der Waals surface area contributed by atoms with E-state index >= 15 is 0 Å². The summed E-state index contributed by atoms with van der Waals surface area (Å²) in [6, 6.07) is 23.1. The lowest BCUT2D eigenvalue weighted by Crippen LogP contribution is -2.42. The van der Waals surface area contributed by atoms with Gasteiger partial charge in [-0.15, -0.1) is 0 Å². The molecule has 1 amide bonds. The molecule has 0 aliphatic heterocycles. The molecule has 3 aromatic rings. The second-order valence-corrected chi connectivity index (χ2v) is 9.47. The van der Waals surface area contributed by atoms with Crippen LogP contribution < -0.4 is 9.62 Å². The largest absolute Gasteiger partial charge is 0.348 e. The molecule has 0 aliphatic carbocycles. The monoisotopic (exact) mass is 436 g/mol. The fourth-order valence-corrected chi connectivity index (χ4v) is 4.84. The van der Waals surface area contributed by atoms with Crippen LogP contribution in [0.1, 0.15) is 36.1 Å². The molecule has 3 aromatic carbocycles. The Bertz CT molecular complexity index is 1130. The number of rotatable bonds is 8. The quantitative estimate of drug-likeness (QED) is 0.553. The van der Waals surface area contributed by atoms with Gasteiger partial charge < -0.3 is 5.32 Å². The smallest absolute Gasteiger partial charge is 0.264 e. The minimum absolute atomic E-state index is 0.148. The van der Waals surface area contributed by atoms with Gasteiger partial charge in [-0.1, -0.05) is 67.1 Å². The molecule has 6 heteroatoms. The Labute approximate surface area is 184 Å². The molecule has 5 nitrogen and oxygen atoms in total. The summed E-state index contributed by atoms with van der Waals surface area (Å²) in [6.45, 7) is 5.59. The van der Waals surface area contributed by atoms with Crippen LogP contribution in [0, 0.1) is 13.8 Å². The fraction of sp³-hybridized carbons (Fsp3) is 0.240. The first kappa shape index (κ1) is 22.6. The third-order valence-electron chi connectivity index (χ3n) is 5.13. The Morgan fingerprint density at radius 3 is 2.19 bits per heavy atom. The van der Waals surface area contributed by atoms with Gasteiger partial charge in [-0.2, -0.15) is 0 Å². The zero-order valence-electron chi connectivity index (χ0n) is 18.1. The van der Waals surface area contributed by atoms with Crippen LogP contribution in [0.5, 0.6) is 0 Å². The molecule has 162 valence electrons. The molecule has 0 aliphatic rings. The van der Waals surface area contributed by atoms with Crippen LogP contribution in [-0.2, 0) is 14.8 Å². The molecule has 3 rings (SSSR count). The van der Waals surface area contributed by atoms with Gasteiger partial charge in [-0.05, 0) is 55.7 Å². The van der Waals surface area contributed by atoms with Crippen LogP contribution in [0.25, 0.3) is 0 Å². The number of nitrogens with one attached hydrogen (secondary N) is 1. The molecule has 0 bridgehead atoms. The number of nitrogens with zero attached hydrogens (tertiary/aromatic N) is 1. The first-order valence-electron chi connectivity index (χ1n) is 10.3. The second-order valence-electron chi connectivity index (χ2n) is 7.60. The molecule has 1 atom stereocenters. The first-order valence-corrected chi connectivity index (χ1v) is 11.8. The topological polar surface area (TPSA) is 66.5 Å². The summed E-state index contributed by atoms with van der Waals surface area (Å²) < 4.78 is 27.9. The van der Waals surface area contributed by atoms with Gasteiger partial charge in [-0.3, -0.25) is 9.10 Å². The number of amides is 1. The summed E-state index contributed by atoms with van der Waals surface area (Å²) >= 11 is 0. The molecule has 0 radical (unpaired) electrons. The van der Waals surface area contributed by atoms with E-state index in [0.29, 0.717) is 12.1 Å². The molecule has 0 heterocycles. The van der Waals surface area contributed by atoms with Gasteiger partial charge in [0.1, 0.15) is 6.54 Å². The highest BCUT2D eigenvalue weighted by Gasteiger charge is 2.28. The molecule has 31 heavy (non-hydrogen) atoms. The normalized spacial score (nSPS) is 12.2. The van der Waals surface area contributed by atoms with E-state index in [1.54, 1.807) is 36.4 Å². The van der Waals surface area contributed by atoms with E-state index < -0.39 is 10.0 Å². The lowest BCUT2D eigenvalue weighted by molar-refractivity contribution is -0.120. The Balaban J connectivity index is 1.89. The average molecular weight is 437 g/mol. The van der Waals surface area contributed by atoms with Crippen molar-refractivity contribution in [2.75, 3.05) is 10.8 Å². The third kappa shape index (κ3) is 5.52. The predicted molar refractivity (Wildman–Crippen MR) is 125 cm³/mol. The Hall–Kier alpha value is -3.12. The Morgan fingerprint density at radius 1 is 0.903 bits per heavy atom. The molecule has 0 spiro atoms.